The van der Waals surface area contributed by atoms with Crippen LogP contribution in [-0.4, -0.2) is 52.7 Å². The molecular weight excluding hydrogens is 330 g/mol. The number of nitrogens with zero attached hydrogens (tertiary/aromatic N) is 3. The molecule has 0 N–H and O–H groups in total. The van der Waals surface area contributed by atoms with Crippen LogP contribution in [0.5, 0.6) is 0 Å². The summed E-state index contributed by atoms with van der Waals surface area (Å²) in [7, 11) is -0.859. The number of fused-ring (bicyclic) bond motifs is 1. The van der Waals surface area contributed by atoms with Gasteiger partial charge in [0.1, 0.15) is 0 Å². The van der Waals surface area contributed by atoms with Gasteiger partial charge >= 0.3 is 0 Å². The Bertz CT molecular complexity index is 799. The molecular formula is C16H23N3O2S2. The molecule has 5 nitrogen and oxygen atoms in total. The van der Waals surface area contributed by atoms with Gasteiger partial charge in [0.05, 0.1) is 29.2 Å². The van der Waals surface area contributed by atoms with Gasteiger partial charge in [0.15, 0.2) is 15.0 Å². The van der Waals surface area contributed by atoms with Gasteiger partial charge in [-0.3, -0.25) is 4.90 Å². The second-order valence-electron chi connectivity index (χ2n) is 6.43. The molecule has 0 radical (unpaired) electrons. The van der Waals surface area contributed by atoms with Crippen LogP contribution in [0.25, 0.3) is 11.0 Å². The molecule has 23 heavy (non-hydrogen) atoms. The van der Waals surface area contributed by atoms with Crippen molar-refractivity contribution in [2.75, 3.05) is 18.6 Å². The molecule has 1 aliphatic heterocycles. The Kier molecular flexibility index (Phi) is 4.71. The standard InChI is InChI=1S/C16H23N3O2S2/c1-12(2)22-16-17-14-6-4-5-7-15(14)19(16)11-18(3)13-8-9-23(20,21)10-13/h4-7,12-13H,8-11H2,1-3H3. The first-order valence-electron chi connectivity index (χ1n) is 7.88. The first-order valence-corrected chi connectivity index (χ1v) is 10.6. The number of benzene rings is 1. The van der Waals surface area contributed by atoms with Crippen molar-refractivity contribution in [3.63, 3.8) is 0 Å². The molecule has 0 saturated carbocycles. The minimum Gasteiger partial charge on any atom is -0.305 e. The van der Waals surface area contributed by atoms with Crippen LogP contribution >= 0.6 is 11.8 Å². The second-order valence-corrected chi connectivity index (χ2v) is 10.2. The number of hydrogen-bond acceptors (Lipinski definition) is 5. The van der Waals surface area contributed by atoms with Gasteiger partial charge in [-0.15, -0.1) is 0 Å². The number of hydrogen-bond donors (Lipinski definition) is 0. The van der Waals surface area contributed by atoms with Gasteiger partial charge in [0, 0.05) is 11.3 Å². The lowest BCUT2D eigenvalue weighted by Gasteiger charge is -2.24. The Balaban J connectivity index is 1.89. The van der Waals surface area contributed by atoms with Gasteiger partial charge in [-0.05, 0) is 25.6 Å². The third-order valence-corrected chi connectivity index (χ3v) is 6.90. The van der Waals surface area contributed by atoms with Crippen molar-refractivity contribution in [2.45, 2.75) is 43.4 Å². The van der Waals surface area contributed by atoms with Gasteiger partial charge in [-0.1, -0.05) is 37.7 Å². The Morgan fingerprint density at radius 2 is 2.13 bits per heavy atom. The van der Waals surface area contributed by atoms with Crippen molar-refractivity contribution in [2.24, 2.45) is 0 Å². The summed E-state index contributed by atoms with van der Waals surface area (Å²) in [4.78, 5) is 6.88. The minimum absolute atomic E-state index is 0.0954. The van der Waals surface area contributed by atoms with Crippen molar-refractivity contribution in [3.05, 3.63) is 24.3 Å². The van der Waals surface area contributed by atoms with E-state index in [0.29, 0.717) is 17.7 Å². The quantitative estimate of drug-likeness (QED) is 0.774. The predicted molar refractivity (Wildman–Crippen MR) is 95.5 cm³/mol. The van der Waals surface area contributed by atoms with E-state index < -0.39 is 9.84 Å². The maximum Gasteiger partial charge on any atom is 0.170 e. The Morgan fingerprint density at radius 3 is 2.78 bits per heavy atom. The van der Waals surface area contributed by atoms with Crippen molar-refractivity contribution in [1.29, 1.82) is 0 Å². The summed E-state index contributed by atoms with van der Waals surface area (Å²) >= 11 is 1.74. The van der Waals surface area contributed by atoms with Crippen LogP contribution < -0.4 is 0 Å². The van der Waals surface area contributed by atoms with E-state index in [4.69, 9.17) is 4.98 Å². The van der Waals surface area contributed by atoms with Crippen LogP contribution in [0.2, 0.25) is 0 Å². The van der Waals surface area contributed by atoms with E-state index in [9.17, 15) is 8.42 Å². The van der Waals surface area contributed by atoms with Crippen molar-refractivity contribution >= 4 is 32.6 Å². The molecule has 0 aliphatic carbocycles. The van der Waals surface area contributed by atoms with Crippen LogP contribution in [0, 0.1) is 0 Å². The molecule has 2 aromatic rings. The number of rotatable bonds is 5. The van der Waals surface area contributed by atoms with Gasteiger partial charge in [-0.2, -0.15) is 0 Å². The average molecular weight is 354 g/mol. The number of sulfone groups is 1. The van der Waals surface area contributed by atoms with Gasteiger partial charge < -0.3 is 4.57 Å². The summed E-state index contributed by atoms with van der Waals surface area (Å²) in [6, 6.07) is 8.21. The highest BCUT2D eigenvalue weighted by Gasteiger charge is 2.31. The first-order chi connectivity index (χ1) is 10.9. The molecule has 0 amide bonds. The zero-order chi connectivity index (χ0) is 16.6. The fourth-order valence-corrected chi connectivity index (χ4v) is 5.61. The van der Waals surface area contributed by atoms with Gasteiger partial charge in [0.2, 0.25) is 0 Å². The molecule has 2 heterocycles. The second kappa shape index (κ2) is 6.45. The summed E-state index contributed by atoms with van der Waals surface area (Å²) in [6.45, 7) is 4.97. The van der Waals surface area contributed by atoms with Gasteiger partial charge in [0.25, 0.3) is 0 Å². The number of para-hydroxylation sites is 2. The van der Waals surface area contributed by atoms with E-state index in [-0.39, 0.29) is 11.8 Å². The fourth-order valence-electron chi connectivity index (χ4n) is 2.95. The molecule has 1 fully saturated rings. The number of imidazole rings is 1. The van der Waals surface area contributed by atoms with Crippen LogP contribution in [0.4, 0.5) is 0 Å². The fraction of sp³-hybridized carbons (Fsp3) is 0.562. The smallest absolute Gasteiger partial charge is 0.170 e. The molecule has 0 bridgehead atoms. The largest absolute Gasteiger partial charge is 0.305 e. The summed E-state index contributed by atoms with van der Waals surface area (Å²) in [5.74, 6) is 0.572. The zero-order valence-electron chi connectivity index (χ0n) is 13.8. The Hall–Kier alpha value is -1.05. The third kappa shape index (κ3) is 3.72. The van der Waals surface area contributed by atoms with E-state index in [0.717, 1.165) is 22.6 Å². The van der Waals surface area contributed by atoms with Crippen molar-refractivity contribution in [1.82, 2.24) is 14.5 Å². The first kappa shape index (κ1) is 16.8. The minimum atomic E-state index is -2.86. The van der Waals surface area contributed by atoms with E-state index >= 15 is 0 Å². The molecule has 1 aromatic heterocycles. The number of thioether (sulfide) groups is 1. The summed E-state index contributed by atoms with van der Waals surface area (Å²) in [5.41, 5.74) is 2.09. The van der Waals surface area contributed by atoms with E-state index in [1.54, 1.807) is 11.8 Å². The highest BCUT2D eigenvalue weighted by atomic mass is 32.2. The van der Waals surface area contributed by atoms with Crippen molar-refractivity contribution in [3.8, 4) is 0 Å². The van der Waals surface area contributed by atoms with E-state index in [1.807, 2.05) is 25.2 Å². The Morgan fingerprint density at radius 1 is 1.39 bits per heavy atom. The molecule has 126 valence electrons. The molecule has 1 aliphatic rings. The molecule has 7 heteroatoms. The zero-order valence-corrected chi connectivity index (χ0v) is 15.4. The SMILES string of the molecule is CC(C)Sc1nc2ccccc2n1CN(C)C1CCS(=O)(=O)C1. The summed E-state index contributed by atoms with van der Waals surface area (Å²) in [6.07, 6.45) is 0.720. The molecule has 0 spiro atoms. The van der Waals surface area contributed by atoms with Crippen LogP contribution in [0.15, 0.2) is 29.4 Å². The lowest BCUT2D eigenvalue weighted by Crippen LogP contribution is -2.34. The summed E-state index contributed by atoms with van der Waals surface area (Å²) < 4.78 is 25.6. The van der Waals surface area contributed by atoms with Gasteiger partial charge in [-0.25, -0.2) is 13.4 Å². The topological polar surface area (TPSA) is 55.2 Å². The van der Waals surface area contributed by atoms with Crippen LogP contribution in [-0.2, 0) is 16.5 Å². The molecule has 1 aromatic carbocycles. The molecule has 1 unspecified atom stereocenters. The lowest BCUT2D eigenvalue weighted by molar-refractivity contribution is 0.205. The maximum absolute atomic E-state index is 11.7. The third-order valence-electron chi connectivity index (χ3n) is 4.16. The lowest BCUT2D eigenvalue weighted by atomic mass is 10.2. The normalized spacial score (nSPS) is 20.8. The van der Waals surface area contributed by atoms with Crippen LogP contribution in [0.3, 0.4) is 0 Å². The number of aromatic nitrogens is 2. The summed E-state index contributed by atoms with van der Waals surface area (Å²) in [5, 5.41) is 1.44. The van der Waals surface area contributed by atoms with Crippen LogP contribution in [0.1, 0.15) is 20.3 Å². The van der Waals surface area contributed by atoms with E-state index in [1.165, 1.54) is 0 Å². The average Bonchev–Trinajstić information content (AvgIpc) is 2.99. The van der Waals surface area contributed by atoms with Crippen molar-refractivity contribution < 1.29 is 8.42 Å². The highest BCUT2D eigenvalue weighted by molar-refractivity contribution is 7.99. The highest BCUT2D eigenvalue weighted by Crippen LogP contribution is 2.28. The molecule has 3 rings (SSSR count). The maximum atomic E-state index is 11.7. The molecule has 1 saturated heterocycles. The Labute approximate surface area is 142 Å². The molecule has 1 atom stereocenters. The monoisotopic (exact) mass is 353 g/mol. The predicted octanol–water partition coefficient (Wildman–Crippen LogP) is 2.61. The van der Waals surface area contributed by atoms with E-state index in [2.05, 4.69) is 29.4 Å².